The molecule has 22 heteroatoms. The van der Waals surface area contributed by atoms with E-state index in [2.05, 4.69) is 17.6 Å². The number of amides is 1. The Morgan fingerprint density at radius 3 is 1.76 bits per heavy atom. The second-order valence-electron chi connectivity index (χ2n) is 17.9. The molecule has 3 rings (SSSR count). The molecule has 5 atom stereocenters. The summed E-state index contributed by atoms with van der Waals surface area (Å²) < 4.78 is 114. The summed E-state index contributed by atoms with van der Waals surface area (Å²) in [6.07, 6.45) is 9.94. The van der Waals surface area contributed by atoms with Crippen LogP contribution in [0.2, 0.25) is 0 Å². The Kier molecular flexibility index (Phi) is 24.6. The van der Waals surface area contributed by atoms with Crippen molar-refractivity contribution in [3.63, 3.8) is 0 Å². The second-order valence-corrected chi connectivity index (χ2v) is 21.1. The molecule has 0 aliphatic carbocycles. The Hall–Kier alpha value is -3.32. The first kappa shape index (κ1) is 58.0. The summed E-state index contributed by atoms with van der Waals surface area (Å²) in [6, 6.07) is 7.04. The summed E-state index contributed by atoms with van der Waals surface area (Å²) in [4.78, 5) is 14.0. The van der Waals surface area contributed by atoms with Crippen molar-refractivity contribution in [3.8, 4) is 23.0 Å². The van der Waals surface area contributed by atoms with E-state index in [0.717, 1.165) is 77.0 Å². The van der Waals surface area contributed by atoms with Gasteiger partial charge in [0.15, 0.2) is 0 Å². The van der Waals surface area contributed by atoms with Crippen molar-refractivity contribution in [2.75, 3.05) is 13.1 Å². The summed E-state index contributed by atoms with van der Waals surface area (Å²) in [5.41, 5.74) is 0.527. The van der Waals surface area contributed by atoms with E-state index in [9.17, 15) is 64.1 Å². The van der Waals surface area contributed by atoms with Gasteiger partial charge in [0.25, 0.3) is 0 Å². The predicted octanol–water partition coefficient (Wildman–Crippen LogP) is 7.62. The van der Waals surface area contributed by atoms with Crippen LogP contribution < -0.4 is 10.6 Å². The van der Waals surface area contributed by atoms with E-state index in [0.29, 0.717) is 68.2 Å². The molecule has 0 saturated heterocycles. The average Bonchev–Trinajstić information content (AvgIpc) is 3.20. The highest BCUT2D eigenvalue weighted by Crippen LogP contribution is 2.41. The molecule has 0 spiro atoms. The van der Waals surface area contributed by atoms with Gasteiger partial charge in [-0.1, -0.05) is 117 Å². The number of hydrogen-bond acceptors (Lipinski definition) is 15. The predicted molar refractivity (Wildman–Crippen MR) is 251 cm³/mol. The number of nitrogens with one attached hydrogen (secondary N) is 2. The van der Waals surface area contributed by atoms with Crippen molar-refractivity contribution in [3.05, 3.63) is 47.0 Å². The third-order valence-electron chi connectivity index (χ3n) is 12.2. The van der Waals surface area contributed by atoms with Crippen molar-refractivity contribution in [2.24, 2.45) is 5.92 Å². The Bertz CT molecular complexity index is 2140. The topological polar surface area (TPSA) is 313 Å². The minimum absolute atomic E-state index is 0.0693. The van der Waals surface area contributed by atoms with E-state index in [1.807, 2.05) is 0 Å². The molecule has 1 amide bonds. The highest BCUT2D eigenvalue weighted by atomic mass is 32.3. The SMILES string of the molecule is CCCCCCC[C@@H](C)C[C@H](OS(=O)(=O)O)[C@H](CC[C@H](CCCCCCCCCCCC[C@@]1(C(=O)NCCc2cc(O)cc(O)c2)NCCc2cc(O)cc(O)c21)OS(=O)(=O)O)OS(=O)(=O)O. The van der Waals surface area contributed by atoms with E-state index in [4.69, 9.17) is 12.5 Å². The molecule has 0 unspecified atom stereocenters. The number of phenols is 4. The van der Waals surface area contributed by atoms with E-state index < -0.39 is 55.0 Å². The van der Waals surface area contributed by atoms with Crippen LogP contribution in [0, 0.1) is 5.92 Å². The van der Waals surface area contributed by atoms with Gasteiger partial charge in [-0.3, -0.25) is 23.8 Å². The average molecular weight is 1010 g/mol. The summed E-state index contributed by atoms with van der Waals surface area (Å²) >= 11 is 0. The van der Waals surface area contributed by atoms with Gasteiger partial charge in [0, 0.05) is 30.8 Å². The van der Waals surface area contributed by atoms with Crippen molar-refractivity contribution in [2.45, 2.75) is 185 Å². The molecule has 2 aromatic carbocycles. The number of aromatic hydroxyl groups is 4. The molecule has 0 aromatic heterocycles. The van der Waals surface area contributed by atoms with Crippen LogP contribution in [0.1, 0.15) is 165 Å². The Labute approximate surface area is 397 Å². The molecule has 19 nitrogen and oxygen atoms in total. The first-order valence-electron chi connectivity index (χ1n) is 23.6. The number of phenolic OH excluding ortho intramolecular Hbond substituents is 4. The number of benzene rings is 2. The van der Waals surface area contributed by atoms with Crippen LogP contribution in [0.4, 0.5) is 0 Å². The standard InChI is InChI=1S/C45H74N2O17S3/c1-3-4-5-12-15-18-33(2)27-42(64-67(59,60)61)41(63-66(56,57)58)21-20-39(62-65(53,54)55)19-16-13-10-8-6-7-9-11-14-17-24-45(43-35(23-26-47-45)30-38(50)32-40(43)51)44(52)46-25-22-34-28-36(48)31-37(49)29-34/h28-33,39,41-42,47-51H,3-27H2,1-2H3,(H,46,52)(H,53,54,55)(H,56,57,58)(H,59,60,61)/t33-,39+,41+,42+,45-/m1/s1. The lowest BCUT2D eigenvalue weighted by Gasteiger charge is -2.39. The first-order valence-corrected chi connectivity index (χ1v) is 27.7. The summed E-state index contributed by atoms with van der Waals surface area (Å²) in [5.74, 6) is -0.969. The van der Waals surface area contributed by atoms with Gasteiger partial charge in [0.2, 0.25) is 5.91 Å². The molecular formula is C45H74N2O17S3. The van der Waals surface area contributed by atoms with Crippen LogP contribution in [0.3, 0.4) is 0 Å². The minimum atomic E-state index is -5.15. The molecule has 1 aliphatic heterocycles. The van der Waals surface area contributed by atoms with Crippen LogP contribution >= 0.6 is 0 Å². The van der Waals surface area contributed by atoms with E-state index in [1.54, 1.807) is 13.0 Å². The Balaban J connectivity index is 1.47. The maximum Gasteiger partial charge on any atom is 0.397 e. The number of rotatable bonds is 35. The molecule has 1 aliphatic rings. The van der Waals surface area contributed by atoms with Crippen molar-refractivity contribution < 1.29 is 76.7 Å². The highest BCUT2D eigenvalue weighted by Gasteiger charge is 2.45. The Morgan fingerprint density at radius 1 is 0.657 bits per heavy atom. The van der Waals surface area contributed by atoms with Crippen molar-refractivity contribution in [1.29, 1.82) is 0 Å². The van der Waals surface area contributed by atoms with Crippen LogP contribution in [-0.4, -0.2) is 96.6 Å². The zero-order valence-corrected chi connectivity index (χ0v) is 41.3. The number of fused-ring (bicyclic) bond motifs is 1. The fourth-order valence-electron chi connectivity index (χ4n) is 9.06. The van der Waals surface area contributed by atoms with E-state index in [-0.39, 0.29) is 67.1 Å². The molecule has 0 saturated carbocycles. The third kappa shape index (κ3) is 22.8. The number of carbonyl (C=O) groups excluding carboxylic acids is 1. The lowest BCUT2D eigenvalue weighted by atomic mass is 9.77. The van der Waals surface area contributed by atoms with Crippen LogP contribution in [0.15, 0.2) is 30.3 Å². The molecule has 9 N–H and O–H groups in total. The number of hydrogen-bond donors (Lipinski definition) is 9. The number of carbonyl (C=O) groups is 1. The Morgan fingerprint density at radius 2 is 1.18 bits per heavy atom. The highest BCUT2D eigenvalue weighted by molar-refractivity contribution is 7.81. The van der Waals surface area contributed by atoms with Crippen LogP contribution in [-0.2, 0) is 66.9 Å². The first-order chi connectivity index (χ1) is 31.5. The maximum absolute atomic E-state index is 14.0. The van der Waals surface area contributed by atoms with Gasteiger partial charge < -0.3 is 25.7 Å². The van der Waals surface area contributed by atoms with Gasteiger partial charge in [0.1, 0.15) is 40.7 Å². The van der Waals surface area contributed by atoms with Crippen molar-refractivity contribution in [1.82, 2.24) is 10.6 Å². The van der Waals surface area contributed by atoms with Gasteiger partial charge in [-0.15, -0.1) is 0 Å². The fraction of sp³-hybridized carbons (Fsp3) is 0.711. The zero-order valence-electron chi connectivity index (χ0n) is 38.8. The summed E-state index contributed by atoms with van der Waals surface area (Å²) in [6.45, 7) is 4.55. The smallest absolute Gasteiger partial charge is 0.397 e. The lowest BCUT2D eigenvalue weighted by molar-refractivity contribution is -0.128. The fourth-order valence-corrected chi connectivity index (χ4v) is 10.6. The molecule has 384 valence electrons. The second kappa shape index (κ2) is 28.4. The van der Waals surface area contributed by atoms with Crippen molar-refractivity contribution >= 4 is 37.1 Å². The van der Waals surface area contributed by atoms with Gasteiger partial charge in [-0.05, 0) is 80.2 Å². The van der Waals surface area contributed by atoms with Gasteiger partial charge in [-0.2, -0.15) is 25.3 Å². The third-order valence-corrected chi connectivity index (χ3v) is 13.7. The molecule has 0 fully saturated rings. The number of unbranched alkanes of at least 4 members (excludes halogenated alkanes) is 13. The molecule has 67 heavy (non-hydrogen) atoms. The quantitative estimate of drug-likeness (QED) is 0.0237. The molecule has 0 radical (unpaired) electrons. The van der Waals surface area contributed by atoms with Crippen LogP contribution in [0.5, 0.6) is 23.0 Å². The molecule has 1 heterocycles. The largest absolute Gasteiger partial charge is 0.508 e. The summed E-state index contributed by atoms with van der Waals surface area (Å²) in [5, 5.41) is 47.2. The summed E-state index contributed by atoms with van der Waals surface area (Å²) in [7, 11) is -15.2. The molecule has 2 aromatic rings. The van der Waals surface area contributed by atoms with Gasteiger partial charge in [-0.25, -0.2) is 12.5 Å². The zero-order chi connectivity index (χ0) is 49.7. The van der Waals surface area contributed by atoms with Gasteiger partial charge in [0.05, 0.1) is 6.10 Å². The monoisotopic (exact) mass is 1010 g/mol. The normalized spacial score (nSPS) is 17.4. The molecule has 0 bridgehead atoms. The van der Waals surface area contributed by atoms with E-state index >= 15 is 0 Å². The lowest BCUT2D eigenvalue weighted by Crippen LogP contribution is -2.57. The molecular weight excluding hydrogens is 937 g/mol. The van der Waals surface area contributed by atoms with Gasteiger partial charge >= 0.3 is 31.2 Å². The minimum Gasteiger partial charge on any atom is -0.508 e. The van der Waals surface area contributed by atoms with E-state index in [1.165, 1.54) is 24.3 Å². The maximum atomic E-state index is 14.0. The van der Waals surface area contributed by atoms with Crippen LogP contribution in [0.25, 0.3) is 0 Å².